The maximum absolute atomic E-state index is 13.2. The second-order valence-electron chi connectivity index (χ2n) is 9.10. The van der Waals surface area contributed by atoms with Crippen LogP contribution in [0.15, 0.2) is 77.9 Å². The molecule has 3 aromatic carbocycles. The minimum absolute atomic E-state index is 0.275. The molecule has 4 aromatic rings. The Bertz CT molecular complexity index is 1450. The number of ether oxygens (including phenoxy) is 1. The van der Waals surface area contributed by atoms with Crippen LogP contribution < -0.4 is 10.2 Å². The third-order valence-electron chi connectivity index (χ3n) is 6.46. The van der Waals surface area contributed by atoms with Crippen molar-refractivity contribution < 1.29 is 9.53 Å². The molecule has 5 rings (SSSR count). The van der Waals surface area contributed by atoms with Crippen LogP contribution in [0.25, 0.3) is 22.2 Å². The summed E-state index contributed by atoms with van der Waals surface area (Å²) in [5.74, 6) is 2.91. The highest BCUT2D eigenvalue weighted by Crippen LogP contribution is 2.26. The molecule has 0 bridgehead atoms. The van der Waals surface area contributed by atoms with Gasteiger partial charge >= 0.3 is 0 Å². The second-order valence-corrected chi connectivity index (χ2v) is 10.3. The number of hydrazone groups is 1. The van der Waals surface area contributed by atoms with Crippen LogP contribution in [-0.4, -0.2) is 53.7 Å². The van der Waals surface area contributed by atoms with Gasteiger partial charge in [0.2, 0.25) is 0 Å². The molecule has 0 spiro atoms. The van der Waals surface area contributed by atoms with E-state index in [0.29, 0.717) is 5.56 Å². The summed E-state index contributed by atoms with van der Waals surface area (Å²) in [6.07, 6.45) is 1.68. The van der Waals surface area contributed by atoms with E-state index in [1.54, 1.807) is 13.3 Å². The average Bonchev–Trinajstić information content (AvgIpc) is 2.93. The number of pyridine rings is 1. The summed E-state index contributed by atoms with van der Waals surface area (Å²) in [5, 5.41) is 5.07. The van der Waals surface area contributed by atoms with Crippen LogP contribution in [0, 0.1) is 6.92 Å². The van der Waals surface area contributed by atoms with Gasteiger partial charge in [-0.3, -0.25) is 9.69 Å². The zero-order valence-electron chi connectivity index (χ0n) is 21.1. The predicted molar refractivity (Wildman–Crippen MR) is 153 cm³/mol. The third-order valence-corrected chi connectivity index (χ3v) is 7.40. The summed E-state index contributed by atoms with van der Waals surface area (Å²) in [6.45, 7) is 5.03. The van der Waals surface area contributed by atoms with E-state index in [0.717, 1.165) is 75.7 Å². The summed E-state index contributed by atoms with van der Waals surface area (Å²) in [6, 6.07) is 23.6. The van der Waals surface area contributed by atoms with Gasteiger partial charge in [-0.15, -0.1) is 0 Å². The molecule has 37 heavy (non-hydrogen) atoms. The maximum atomic E-state index is 13.2. The third kappa shape index (κ3) is 6.01. The SMILES string of the molecule is COc1ccc(C=NNC(=O)c2cc(-c3cccc(C)c3)nc3ccccc23)cc1CN1CCSCC1. The fourth-order valence-corrected chi connectivity index (χ4v) is 5.52. The summed E-state index contributed by atoms with van der Waals surface area (Å²) < 4.78 is 5.59. The van der Waals surface area contributed by atoms with E-state index >= 15 is 0 Å². The van der Waals surface area contributed by atoms with Gasteiger partial charge in [-0.1, -0.05) is 42.0 Å². The Hall–Kier alpha value is -3.68. The molecule has 0 radical (unpaired) electrons. The van der Waals surface area contributed by atoms with E-state index in [4.69, 9.17) is 9.72 Å². The van der Waals surface area contributed by atoms with Crippen molar-refractivity contribution >= 4 is 34.8 Å². The van der Waals surface area contributed by atoms with Gasteiger partial charge in [0.1, 0.15) is 5.75 Å². The maximum Gasteiger partial charge on any atom is 0.272 e. The first-order valence-corrected chi connectivity index (χ1v) is 13.5. The lowest BCUT2D eigenvalue weighted by atomic mass is 10.0. The van der Waals surface area contributed by atoms with E-state index < -0.39 is 0 Å². The molecule has 0 unspecified atom stereocenters. The number of carbonyl (C=O) groups excluding carboxylic acids is 1. The van der Waals surface area contributed by atoms with Gasteiger partial charge in [0.25, 0.3) is 5.91 Å². The first-order valence-electron chi connectivity index (χ1n) is 12.4. The quantitative estimate of drug-likeness (QED) is 0.262. The lowest BCUT2D eigenvalue weighted by Gasteiger charge is -2.26. The van der Waals surface area contributed by atoms with Crippen molar-refractivity contribution in [2.45, 2.75) is 13.5 Å². The van der Waals surface area contributed by atoms with E-state index in [1.807, 2.05) is 79.3 Å². The molecule has 1 fully saturated rings. The van der Waals surface area contributed by atoms with E-state index in [9.17, 15) is 4.79 Å². The molecule has 1 aliphatic rings. The highest BCUT2D eigenvalue weighted by atomic mass is 32.2. The first kappa shape index (κ1) is 25.0. The molecular weight excluding hydrogens is 480 g/mol. The minimum atomic E-state index is -0.275. The zero-order valence-corrected chi connectivity index (χ0v) is 21.9. The number of fused-ring (bicyclic) bond motifs is 1. The molecule has 0 atom stereocenters. The molecule has 7 heteroatoms. The number of aryl methyl sites for hydroxylation is 1. The van der Waals surface area contributed by atoms with Crippen LogP contribution in [0.2, 0.25) is 0 Å². The van der Waals surface area contributed by atoms with Crippen LogP contribution in [0.1, 0.15) is 27.0 Å². The number of para-hydroxylation sites is 1. The Balaban J connectivity index is 1.37. The minimum Gasteiger partial charge on any atom is -0.496 e. The van der Waals surface area contributed by atoms with Crippen LogP contribution in [0.5, 0.6) is 5.75 Å². The fraction of sp³-hybridized carbons (Fsp3) is 0.233. The van der Waals surface area contributed by atoms with Crippen molar-refractivity contribution in [3.8, 4) is 17.0 Å². The van der Waals surface area contributed by atoms with Crippen LogP contribution in [0.4, 0.5) is 0 Å². The molecule has 2 heterocycles. The molecular formula is C30H30N4O2S. The molecule has 1 N–H and O–H groups in total. The lowest BCUT2D eigenvalue weighted by Crippen LogP contribution is -2.32. The van der Waals surface area contributed by atoms with Gasteiger partial charge in [-0.25, -0.2) is 10.4 Å². The number of benzene rings is 3. The van der Waals surface area contributed by atoms with Gasteiger partial charge in [0, 0.05) is 47.7 Å². The Morgan fingerprint density at radius 3 is 2.73 bits per heavy atom. The number of rotatable bonds is 7. The van der Waals surface area contributed by atoms with Crippen LogP contribution in [0.3, 0.4) is 0 Å². The monoisotopic (exact) mass is 510 g/mol. The van der Waals surface area contributed by atoms with Crippen molar-refractivity contribution in [3.05, 3.63) is 95.1 Å². The molecule has 1 aliphatic heterocycles. The van der Waals surface area contributed by atoms with Gasteiger partial charge in [-0.05, 0) is 48.9 Å². The number of hydrogen-bond donors (Lipinski definition) is 1. The molecule has 6 nitrogen and oxygen atoms in total. The number of aromatic nitrogens is 1. The molecule has 188 valence electrons. The standard InChI is InChI=1S/C30H30N4O2S/c1-21-6-5-7-23(16-21)28-18-26(25-8-3-4-9-27(25)32-28)30(35)33-31-19-22-10-11-29(36-2)24(17-22)20-34-12-14-37-15-13-34/h3-11,16-19H,12-15,20H2,1-2H3,(H,33,35). The summed E-state index contributed by atoms with van der Waals surface area (Å²) in [7, 11) is 1.70. The number of nitrogens with zero attached hydrogens (tertiary/aromatic N) is 3. The normalized spacial score (nSPS) is 14.2. The molecule has 0 saturated carbocycles. The predicted octanol–water partition coefficient (Wildman–Crippen LogP) is 5.53. The largest absolute Gasteiger partial charge is 0.496 e. The fourth-order valence-electron chi connectivity index (χ4n) is 4.54. The highest BCUT2D eigenvalue weighted by molar-refractivity contribution is 7.99. The average molecular weight is 511 g/mol. The first-order chi connectivity index (χ1) is 18.1. The number of hydrogen-bond acceptors (Lipinski definition) is 6. The zero-order chi connectivity index (χ0) is 25.6. The van der Waals surface area contributed by atoms with Crippen LogP contribution in [-0.2, 0) is 6.54 Å². The highest BCUT2D eigenvalue weighted by Gasteiger charge is 2.15. The number of nitrogens with one attached hydrogen (secondary N) is 1. The molecule has 1 aromatic heterocycles. The van der Waals surface area contributed by atoms with E-state index in [2.05, 4.69) is 27.6 Å². The van der Waals surface area contributed by atoms with Gasteiger partial charge in [0.05, 0.1) is 30.1 Å². The van der Waals surface area contributed by atoms with Crippen LogP contribution >= 0.6 is 11.8 Å². The Morgan fingerprint density at radius 2 is 1.92 bits per heavy atom. The molecule has 0 aliphatic carbocycles. The van der Waals surface area contributed by atoms with Crippen molar-refractivity contribution in [2.24, 2.45) is 5.10 Å². The van der Waals surface area contributed by atoms with Gasteiger partial charge in [-0.2, -0.15) is 16.9 Å². The Labute approximate surface area is 221 Å². The molecule has 1 amide bonds. The summed E-state index contributed by atoms with van der Waals surface area (Å²) in [5.41, 5.74) is 8.92. The Morgan fingerprint density at radius 1 is 1.08 bits per heavy atom. The van der Waals surface area contributed by atoms with Crippen molar-refractivity contribution in [1.82, 2.24) is 15.3 Å². The second kappa shape index (κ2) is 11.6. The van der Waals surface area contributed by atoms with Gasteiger partial charge < -0.3 is 4.74 Å². The van der Waals surface area contributed by atoms with Crippen molar-refractivity contribution in [1.29, 1.82) is 0 Å². The number of carbonyl (C=O) groups is 1. The van der Waals surface area contributed by atoms with Gasteiger partial charge in [0.15, 0.2) is 0 Å². The number of amides is 1. The van der Waals surface area contributed by atoms with Crippen molar-refractivity contribution in [3.63, 3.8) is 0 Å². The van der Waals surface area contributed by atoms with Crippen molar-refractivity contribution in [2.75, 3.05) is 31.7 Å². The summed E-state index contributed by atoms with van der Waals surface area (Å²) >= 11 is 2.00. The van der Waals surface area contributed by atoms with E-state index in [1.165, 1.54) is 0 Å². The Kier molecular flexibility index (Phi) is 7.82. The lowest BCUT2D eigenvalue weighted by molar-refractivity contribution is 0.0956. The topological polar surface area (TPSA) is 66.8 Å². The molecule has 1 saturated heterocycles. The smallest absolute Gasteiger partial charge is 0.272 e. The van der Waals surface area contributed by atoms with E-state index in [-0.39, 0.29) is 5.91 Å². The summed E-state index contributed by atoms with van der Waals surface area (Å²) in [4.78, 5) is 20.5. The number of thioether (sulfide) groups is 1. The number of methoxy groups -OCH3 is 1.